The van der Waals surface area contributed by atoms with Crippen LogP contribution in [0.5, 0.6) is 0 Å². The van der Waals surface area contributed by atoms with Crippen LogP contribution in [0.15, 0.2) is 29.2 Å². The van der Waals surface area contributed by atoms with E-state index < -0.39 is 10.0 Å². The van der Waals surface area contributed by atoms with Crippen molar-refractivity contribution in [3.63, 3.8) is 0 Å². The highest BCUT2D eigenvalue weighted by Gasteiger charge is 2.28. The molecule has 5 heteroatoms. The summed E-state index contributed by atoms with van der Waals surface area (Å²) >= 11 is 0. The number of piperazine rings is 1. The van der Waals surface area contributed by atoms with E-state index in [9.17, 15) is 8.42 Å². The topological polar surface area (TPSA) is 40.6 Å². The van der Waals surface area contributed by atoms with Gasteiger partial charge < -0.3 is 4.90 Å². The molecule has 0 spiro atoms. The molecule has 0 radical (unpaired) electrons. The highest BCUT2D eigenvalue weighted by Crippen LogP contribution is 2.25. The summed E-state index contributed by atoms with van der Waals surface area (Å²) in [7, 11) is -3.36. The fraction of sp³-hybridized carbons (Fsp3) is 0.667. The maximum Gasteiger partial charge on any atom is 0.243 e. The summed E-state index contributed by atoms with van der Waals surface area (Å²) in [5, 5.41) is 0. The lowest BCUT2D eigenvalue weighted by Crippen LogP contribution is -2.48. The highest BCUT2D eigenvalue weighted by atomic mass is 32.2. The van der Waals surface area contributed by atoms with E-state index in [1.165, 1.54) is 12.8 Å². The molecular formula is C18H30N2O2S. The Hall–Kier alpha value is -0.910. The molecule has 0 atom stereocenters. The van der Waals surface area contributed by atoms with Gasteiger partial charge in [0.05, 0.1) is 4.90 Å². The van der Waals surface area contributed by atoms with Crippen LogP contribution in [-0.2, 0) is 15.4 Å². The lowest BCUT2D eigenvalue weighted by atomic mass is 9.87. The number of unbranched alkanes of at least 4 members (excludes halogenated alkanes) is 1. The van der Waals surface area contributed by atoms with Gasteiger partial charge in [-0.25, -0.2) is 8.42 Å². The summed E-state index contributed by atoms with van der Waals surface area (Å²) in [5.41, 5.74) is 1.19. The number of hydrogen-bond acceptors (Lipinski definition) is 3. The van der Waals surface area contributed by atoms with E-state index in [0.717, 1.165) is 25.2 Å². The Morgan fingerprint density at radius 2 is 1.57 bits per heavy atom. The largest absolute Gasteiger partial charge is 0.301 e. The normalized spacial score (nSPS) is 18.3. The summed E-state index contributed by atoms with van der Waals surface area (Å²) in [6.45, 7) is 12.5. The van der Waals surface area contributed by atoms with Gasteiger partial charge in [-0.3, -0.25) is 0 Å². The van der Waals surface area contributed by atoms with Crippen LogP contribution in [0.1, 0.15) is 46.1 Å². The van der Waals surface area contributed by atoms with Gasteiger partial charge in [-0.2, -0.15) is 4.31 Å². The molecule has 4 nitrogen and oxygen atoms in total. The summed E-state index contributed by atoms with van der Waals surface area (Å²) in [4.78, 5) is 2.77. The van der Waals surface area contributed by atoms with E-state index in [2.05, 4.69) is 32.6 Å². The first-order chi connectivity index (χ1) is 10.7. The highest BCUT2D eigenvalue weighted by molar-refractivity contribution is 7.89. The van der Waals surface area contributed by atoms with Crippen molar-refractivity contribution in [3.05, 3.63) is 29.8 Å². The second-order valence-electron chi connectivity index (χ2n) is 7.37. The Morgan fingerprint density at radius 1 is 1.00 bits per heavy atom. The standard InChI is InChI=1S/C18H30N2O2S/c1-5-6-11-19-12-14-20(15-13-19)23(21,22)17-9-7-16(8-10-17)18(2,3)4/h7-10H,5-6,11-15H2,1-4H3. The van der Waals surface area contributed by atoms with E-state index in [1.54, 1.807) is 16.4 Å². The van der Waals surface area contributed by atoms with Crippen LogP contribution in [0.2, 0.25) is 0 Å². The maximum absolute atomic E-state index is 12.8. The van der Waals surface area contributed by atoms with Crippen molar-refractivity contribution in [2.75, 3.05) is 32.7 Å². The summed E-state index contributed by atoms with van der Waals surface area (Å²) in [6, 6.07) is 7.37. The van der Waals surface area contributed by atoms with Crippen molar-refractivity contribution in [2.24, 2.45) is 0 Å². The Morgan fingerprint density at radius 3 is 2.04 bits per heavy atom. The van der Waals surface area contributed by atoms with Crippen LogP contribution in [0.25, 0.3) is 0 Å². The van der Waals surface area contributed by atoms with E-state index in [1.807, 2.05) is 12.1 Å². The van der Waals surface area contributed by atoms with Gasteiger partial charge in [-0.05, 0) is 36.1 Å². The molecule has 1 aromatic rings. The lowest BCUT2D eigenvalue weighted by Gasteiger charge is -2.34. The summed E-state index contributed by atoms with van der Waals surface area (Å²) < 4.78 is 27.2. The zero-order valence-corrected chi connectivity index (χ0v) is 15.7. The second kappa shape index (κ2) is 7.32. The maximum atomic E-state index is 12.8. The Labute approximate surface area is 141 Å². The number of hydrogen-bond donors (Lipinski definition) is 0. The van der Waals surface area contributed by atoms with Crippen molar-refractivity contribution >= 4 is 10.0 Å². The van der Waals surface area contributed by atoms with Crippen LogP contribution < -0.4 is 0 Å². The minimum absolute atomic E-state index is 0.0349. The van der Waals surface area contributed by atoms with Crippen LogP contribution in [-0.4, -0.2) is 50.3 Å². The van der Waals surface area contributed by atoms with Crippen LogP contribution >= 0.6 is 0 Å². The molecular weight excluding hydrogens is 308 g/mol. The van der Waals surface area contributed by atoms with E-state index in [0.29, 0.717) is 18.0 Å². The van der Waals surface area contributed by atoms with Gasteiger partial charge in [0.1, 0.15) is 0 Å². The quantitative estimate of drug-likeness (QED) is 0.828. The van der Waals surface area contributed by atoms with E-state index >= 15 is 0 Å². The minimum atomic E-state index is -3.36. The molecule has 1 heterocycles. The number of sulfonamides is 1. The molecule has 1 fully saturated rings. The average molecular weight is 339 g/mol. The molecule has 0 aromatic heterocycles. The van der Waals surface area contributed by atoms with Gasteiger partial charge in [0.2, 0.25) is 10.0 Å². The number of rotatable bonds is 5. The van der Waals surface area contributed by atoms with Crippen molar-refractivity contribution < 1.29 is 8.42 Å². The molecule has 1 aliphatic heterocycles. The lowest BCUT2D eigenvalue weighted by molar-refractivity contribution is 0.186. The zero-order chi connectivity index (χ0) is 17.1. The third-order valence-corrected chi connectivity index (χ3v) is 6.43. The molecule has 0 N–H and O–H groups in total. The van der Waals surface area contributed by atoms with Gasteiger partial charge >= 0.3 is 0 Å². The predicted molar refractivity (Wildman–Crippen MR) is 95.2 cm³/mol. The first-order valence-electron chi connectivity index (χ1n) is 8.58. The average Bonchev–Trinajstić information content (AvgIpc) is 2.52. The molecule has 0 amide bonds. The van der Waals surface area contributed by atoms with Gasteiger partial charge in [0.15, 0.2) is 0 Å². The van der Waals surface area contributed by atoms with Gasteiger partial charge in [-0.1, -0.05) is 46.2 Å². The molecule has 1 saturated heterocycles. The summed E-state index contributed by atoms with van der Waals surface area (Å²) in [6.07, 6.45) is 2.36. The molecule has 0 bridgehead atoms. The monoisotopic (exact) mass is 338 g/mol. The fourth-order valence-electron chi connectivity index (χ4n) is 2.85. The number of nitrogens with zero attached hydrogens (tertiary/aromatic N) is 2. The Balaban J connectivity index is 2.05. The third kappa shape index (κ3) is 4.55. The number of benzene rings is 1. The molecule has 23 heavy (non-hydrogen) atoms. The Bertz CT molecular complexity index is 595. The molecule has 1 aromatic carbocycles. The molecule has 2 rings (SSSR count). The summed E-state index contributed by atoms with van der Waals surface area (Å²) in [5.74, 6) is 0. The molecule has 0 unspecified atom stereocenters. The molecule has 0 saturated carbocycles. The van der Waals surface area contributed by atoms with E-state index in [-0.39, 0.29) is 5.41 Å². The predicted octanol–water partition coefficient (Wildman–Crippen LogP) is 3.09. The van der Waals surface area contributed by atoms with Crippen molar-refractivity contribution in [1.82, 2.24) is 9.21 Å². The van der Waals surface area contributed by atoms with Crippen LogP contribution in [0.3, 0.4) is 0 Å². The van der Waals surface area contributed by atoms with Gasteiger partial charge in [0, 0.05) is 26.2 Å². The first kappa shape index (κ1) is 18.4. The Kier molecular flexibility index (Phi) is 5.87. The van der Waals surface area contributed by atoms with Crippen molar-refractivity contribution in [3.8, 4) is 0 Å². The fourth-order valence-corrected chi connectivity index (χ4v) is 4.27. The second-order valence-corrected chi connectivity index (χ2v) is 9.31. The van der Waals surface area contributed by atoms with Crippen molar-refractivity contribution in [1.29, 1.82) is 0 Å². The van der Waals surface area contributed by atoms with E-state index in [4.69, 9.17) is 0 Å². The van der Waals surface area contributed by atoms with Crippen molar-refractivity contribution in [2.45, 2.75) is 50.8 Å². The first-order valence-corrected chi connectivity index (χ1v) is 10.0. The smallest absolute Gasteiger partial charge is 0.243 e. The molecule has 0 aliphatic carbocycles. The van der Waals surface area contributed by atoms with Gasteiger partial charge in [0.25, 0.3) is 0 Å². The van der Waals surface area contributed by atoms with Crippen LogP contribution in [0.4, 0.5) is 0 Å². The van der Waals surface area contributed by atoms with Gasteiger partial charge in [-0.15, -0.1) is 0 Å². The third-order valence-electron chi connectivity index (χ3n) is 4.52. The molecule has 1 aliphatic rings. The van der Waals surface area contributed by atoms with Crippen LogP contribution in [0, 0.1) is 0 Å². The SMILES string of the molecule is CCCCN1CCN(S(=O)(=O)c2ccc(C(C)(C)C)cc2)CC1. The minimum Gasteiger partial charge on any atom is -0.301 e. The zero-order valence-electron chi connectivity index (χ0n) is 14.9. The molecule has 130 valence electrons.